The first-order valence-corrected chi connectivity index (χ1v) is 5.15. The first-order valence-electron chi connectivity index (χ1n) is 5.15. The molecule has 0 spiro atoms. The number of hydrogen-bond acceptors (Lipinski definition) is 6. The van der Waals surface area contributed by atoms with Crippen molar-refractivity contribution in [1.82, 2.24) is 9.55 Å². The molecule has 92 valence electrons. The van der Waals surface area contributed by atoms with Gasteiger partial charge in [-0.25, -0.2) is 4.98 Å². The average Bonchev–Trinajstić information content (AvgIpc) is 2.70. The van der Waals surface area contributed by atoms with Crippen LogP contribution in [-0.2, 0) is 20.9 Å². The highest BCUT2D eigenvalue weighted by atomic mass is 16.5. The van der Waals surface area contributed by atoms with Crippen LogP contribution in [-0.4, -0.2) is 27.9 Å². The van der Waals surface area contributed by atoms with Gasteiger partial charge >= 0.3 is 5.97 Å². The molecular weight excluding hydrogens is 236 g/mol. The third-order valence-electron chi connectivity index (χ3n) is 2.04. The van der Waals surface area contributed by atoms with Gasteiger partial charge in [0.1, 0.15) is 18.6 Å². The van der Waals surface area contributed by atoms with E-state index in [0.29, 0.717) is 0 Å². The Bertz CT molecular complexity index is 548. The summed E-state index contributed by atoms with van der Waals surface area (Å²) < 4.78 is 5.87. The second kappa shape index (κ2) is 6.16. The van der Waals surface area contributed by atoms with Gasteiger partial charge in [-0.15, -0.1) is 0 Å². The smallest absolute Gasteiger partial charge is 0.313 e. The van der Waals surface area contributed by atoms with Crippen LogP contribution in [0.25, 0.3) is 0 Å². The zero-order chi connectivity index (χ0) is 13.5. The molecular formula is C11H10N4O3. The number of ether oxygens (including phenoxy) is 1. The number of ketones is 1. The van der Waals surface area contributed by atoms with Gasteiger partial charge in [-0.3, -0.25) is 9.59 Å². The summed E-state index contributed by atoms with van der Waals surface area (Å²) in [5, 5.41) is 17.5. The quantitative estimate of drug-likeness (QED) is 0.540. The van der Waals surface area contributed by atoms with Gasteiger partial charge in [0.25, 0.3) is 0 Å². The van der Waals surface area contributed by atoms with E-state index in [1.54, 1.807) is 19.1 Å². The molecule has 0 atom stereocenters. The Morgan fingerprint density at radius 1 is 1.44 bits per heavy atom. The van der Waals surface area contributed by atoms with Crippen LogP contribution >= 0.6 is 0 Å². The number of carbonyl (C=O) groups excluding carboxylic acids is 2. The lowest BCUT2D eigenvalue weighted by atomic mass is 10.2. The van der Waals surface area contributed by atoms with Crippen LogP contribution in [0.3, 0.4) is 0 Å². The molecule has 0 aliphatic heterocycles. The van der Waals surface area contributed by atoms with E-state index < -0.39 is 11.8 Å². The molecule has 18 heavy (non-hydrogen) atoms. The molecule has 0 saturated heterocycles. The van der Waals surface area contributed by atoms with Crippen molar-refractivity contribution in [1.29, 1.82) is 10.5 Å². The van der Waals surface area contributed by atoms with E-state index in [-0.39, 0.29) is 31.0 Å². The van der Waals surface area contributed by atoms with Gasteiger partial charge in [0.05, 0.1) is 19.5 Å². The Kier molecular flexibility index (Phi) is 4.58. The van der Waals surface area contributed by atoms with E-state index in [1.165, 1.54) is 10.9 Å². The Hall–Kier alpha value is -2.67. The minimum Gasteiger partial charge on any atom is -0.466 e. The van der Waals surface area contributed by atoms with Crippen molar-refractivity contribution < 1.29 is 14.3 Å². The molecule has 0 aromatic carbocycles. The summed E-state index contributed by atoms with van der Waals surface area (Å²) in [6.07, 6.45) is 0.860. The van der Waals surface area contributed by atoms with Crippen LogP contribution in [0.2, 0.25) is 0 Å². The molecule has 0 fully saturated rings. The second-order valence-electron chi connectivity index (χ2n) is 3.31. The lowest BCUT2D eigenvalue weighted by Crippen LogP contribution is -2.16. The molecule has 7 heteroatoms. The van der Waals surface area contributed by atoms with Crippen molar-refractivity contribution >= 4 is 11.8 Å². The zero-order valence-electron chi connectivity index (χ0n) is 9.71. The summed E-state index contributed by atoms with van der Waals surface area (Å²) in [7, 11) is 0. The summed E-state index contributed by atoms with van der Waals surface area (Å²) in [5.41, 5.74) is -0.0313. The number of nitrogens with zero attached hydrogens (tertiary/aromatic N) is 4. The van der Waals surface area contributed by atoms with E-state index in [2.05, 4.69) is 9.72 Å². The Morgan fingerprint density at radius 2 is 2.17 bits per heavy atom. The topological polar surface area (TPSA) is 109 Å². The van der Waals surface area contributed by atoms with Crippen molar-refractivity contribution in [3.05, 3.63) is 17.7 Å². The van der Waals surface area contributed by atoms with Crippen LogP contribution in [0.5, 0.6) is 0 Å². The summed E-state index contributed by atoms with van der Waals surface area (Å²) in [5.74, 6) is -1.02. The largest absolute Gasteiger partial charge is 0.466 e. The van der Waals surface area contributed by atoms with E-state index in [9.17, 15) is 9.59 Å². The van der Waals surface area contributed by atoms with Gasteiger partial charge < -0.3 is 9.30 Å². The fourth-order valence-corrected chi connectivity index (χ4v) is 1.32. The van der Waals surface area contributed by atoms with Crippen LogP contribution in [0.1, 0.15) is 24.7 Å². The molecule has 1 heterocycles. The van der Waals surface area contributed by atoms with Crippen molar-refractivity contribution in [2.24, 2.45) is 0 Å². The van der Waals surface area contributed by atoms with Crippen molar-refractivity contribution in [2.75, 3.05) is 6.61 Å². The number of hydrogen-bond donors (Lipinski definition) is 0. The minimum absolute atomic E-state index is 0.00899. The van der Waals surface area contributed by atoms with Gasteiger partial charge in [0, 0.05) is 0 Å². The van der Waals surface area contributed by atoms with Gasteiger partial charge in [-0.05, 0) is 6.92 Å². The van der Waals surface area contributed by atoms with E-state index in [1.807, 2.05) is 0 Å². The molecule has 0 aliphatic rings. The summed E-state index contributed by atoms with van der Waals surface area (Å²) in [6.45, 7) is 1.67. The van der Waals surface area contributed by atoms with Crippen LogP contribution in [0.15, 0.2) is 6.33 Å². The van der Waals surface area contributed by atoms with Crippen molar-refractivity contribution in [2.45, 2.75) is 19.9 Å². The number of imidazole rings is 1. The Labute approximate surface area is 103 Å². The standard InChI is InChI=1S/C11H10N4O3/c1-2-18-11(17)3-8(16)6-15-7-14-9(4-12)10(15)5-13/h7H,2-3,6H2,1H3. The van der Waals surface area contributed by atoms with Gasteiger partial charge in [-0.1, -0.05) is 0 Å². The highest BCUT2D eigenvalue weighted by molar-refractivity contribution is 5.95. The van der Waals surface area contributed by atoms with Crippen molar-refractivity contribution in [3.63, 3.8) is 0 Å². The lowest BCUT2D eigenvalue weighted by molar-refractivity contribution is -0.145. The maximum atomic E-state index is 11.5. The molecule has 7 nitrogen and oxygen atoms in total. The fraction of sp³-hybridized carbons (Fsp3) is 0.364. The maximum absolute atomic E-state index is 11.5. The van der Waals surface area contributed by atoms with E-state index in [4.69, 9.17) is 10.5 Å². The van der Waals surface area contributed by atoms with Gasteiger partial charge in [0.2, 0.25) is 0 Å². The second-order valence-corrected chi connectivity index (χ2v) is 3.31. The minimum atomic E-state index is -0.610. The molecule has 0 unspecified atom stereocenters. The SMILES string of the molecule is CCOC(=O)CC(=O)Cn1cnc(C#N)c1C#N. The number of esters is 1. The van der Waals surface area contributed by atoms with E-state index in [0.717, 1.165) is 0 Å². The molecule has 1 aromatic heterocycles. The first kappa shape index (κ1) is 13.4. The maximum Gasteiger partial charge on any atom is 0.313 e. The first-order chi connectivity index (χ1) is 8.62. The predicted octanol–water partition coefficient (Wildman–Crippen LogP) is 0.149. The molecule has 0 aliphatic carbocycles. The summed E-state index contributed by atoms with van der Waals surface area (Å²) in [6, 6.07) is 3.53. The molecule has 0 bridgehead atoms. The molecule has 0 saturated carbocycles. The summed E-state index contributed by atoms with van der Waals surface area (Å²) >= 11 is 0. The van der Waals surface area contributed by atoms with Gasteiger partial charge in [-0.2, -0.15) is 10.5 Å². The fourth-order valence-electron chi connectivity index (χ4n) is 1.32. The number of rotatable bonds is 5. The number of nitriles is 2. The summed E-state index contributed by atoms with van der Waals surface area (Å²) in [4.78, 5) is 26.3. The zero-order valence-corrected chi connectivity index (χ0v) is 9.71. The lowest BCUT2D eigenvalue weighted by Gasteiger charge is -2.03. The third-order valence-corrected chi connectivity index (χ3v) is 2.04. The number of carbonyl (C=O) groups is 2. The van der Waals surface area contributed by atoms with Gasteiger partial charge in [0.15, 0.2) is 17.2 Å². The molecule has 0 amide bonds. The Balaban J connectivity index is 2.72. The normalized spacial score (nSPS) is 9.28. The van der Waals surface area contributed by atoms with Crippen molar-refractivity contribution in [3.8, 4) is 12.1 Å². The van der Waals surface area contributed by atoms with Crippen LogP contribution in [0, 0.1) is 22.7 Å². The third kappa shape index (κ3) is 3.16. The molecule has 1 rings (SSSR count). The average molecular weight is 246 g/mol. The highest BCUT2D eigenvalue weighted by Gasteiger charge is 2.15. The van der Waals surface area contributed by atoms with Crippen LogP contribution in [0.4, 0.5) is 0 Å². The monoisotopic (exact) mass is 246 g/mol. The molecule has 0 radical (unpaired) electrons. The highest BCUT2D eigenvalue weighted by Crippen LogP contribution is 2.05. The Morgan fingerprint density at radius 3 is 2.72 bits per heavy atom. The molecule has 1 aromatic rings. The van der Waals surface area contributed by atoms with Crippen LogP contribution < -0.4 is 0 Å². The molecule has 0 N–H and O–H groups in total. The number of Topliss-reactive ketones (excluding diaryl/α,β-unsaturated/α-hetero) is 1. The van der Waals surface area contributed by atoms with E-state index >= 15 is 0 Å². The predicted molar refractivity (Wildman–Crippen MR) is 57.9 cm³/mol. The number of aromatic nitrogens is 2.